The fourth-order valence-electron chi connectivity index (χ4n) is 1.46. The van der Waals surface area contributed by atoms with Gasteiger partial charge in [-0.25, -0.2) is 4.98 Å². The molecule has 0 aromatic carbocycles. The third-order valence-electron chi connectivity index (χ3n) is 2.47. The summed E-state index contributed by atoms with van der Waals surface area (Å²) in [6.45, 7) is 0. The van der Waals surface area contributed by atoms with Gasteiger partial charge in [-0.1, -0.05) is 6.07 Å². The maximum Gasteiger partial charge on any atom is 0.106 e. The van der Waals surface area contributed by atoms with Crippen LogP contribution < -0.4 is 5.73 Å². The second-order valence-corrected chi connectivity index (χ2v) is 4.15. The van der Waals surface area contributed by atoms with Crippen molar-refractivity contribution in [2.24, 2.45) is 5.73 Å². The van der Waals surface area contributed by atoms with Crippen molar-refractivity contribution in [3.8, 4) is 0 Å². The molecule has 0 spiro atoms. The van der Waals surface area contributed by atoms with Crippen LogP contribution in [0.2, 0.25) is 0 Å². The van der Waals surface area contributed by atoms with Crippen molar-refractivity contribution in [2.75, 3.05) is 0 Å². The Morgan fingerprint density at radius 3 is 2.69 bits per heavy atom. The Bertz CT molecular complexity index is 358. The Kier molecular flexibility index (Phi) is 1.87. The molecule has 0 unspecified atom stereocenters. The summed E-state index contributed by atoms with van der Waals surface area (Å²) < 4.78 is 0.803. The van der Waals surface area contributed by atoms with Gasteiger partial charge >= 0.3 is 0 Å². The van der Waals surface area contributed by atoms with E-state index in [4.69, 9.17) is 11.1 Å². The molecule has 1 aliphatic rings. The van der Waals surface area contributed by atoms with E-state index >= 15 is 0 Å². The average Bonchev–Trinajstić information content (AvgIpc) is 2.83. The van der Waals surface area contributed by atoms with E-state index in [1.54, 1.807) is 0 Å². The van der Waals surface area contributed by atoms with Gasteiger partial charge in [-0.15, -0.1) is 0 Å². The van der Waals surface area contributed by atoms with Crippen LogP contribution >= 0.6 is 15.9 Å². The summed E-state index contributed by atoms with van der Waals surface area (Å²) in [4.78, 5) is 4.32. The molecule has 0 radical (unpaired) electrons. The number of rotatable bonds is 2. The highest BCUT2D eigenvalue weighted by Crippen LogP contribution is 2.47. The van der Waals surface area contributed by atoms with E-state index in [2.05, 4.69) is 20.9 Å². The van der Waals surface area contributed by atoms with E-state index in [0.717, 1.165) is 23.1 Å². The van der Waals surface area contributed by atoms with Crippen LogP contribution in [0.5, 0.6) is 0 Å². The largest absolute Gasteiger partial charge is 0.387 e. The summed E-state index contributed by atoms with van der Waals surface area (Å²) in [5.74, 6) is 0.234. The Morgan fingerprint density at radius 1 is 1.54 bits per heavy atom. The van der Waals surface area contributed by atoms with E-state index in [9.17, 15) is 0 Å². The van der Waals surface area contributed by atoms with Crippen molar-refractivity contribution in [3.05, 3.63) is 28.5 Å². The summed E-state index contributed by atoms with van der Waals surface area (Å²) in [6.07, 6.45) is 1.90. The molecule has 0 atom stereocenters. The molecule has 0 bridgehead atoms. The molecule has 1 fully saturated rings. The van der Waals surface area contributed by atoms with E-state index < -0.39 is 0 Å². The van der Waals surface area contributed by atoms with Gasteiger partial charge in [0.2, 0.25) is 0 Å². The first kappa shape index (κ1) is 8.69. The third kappa shape index (κ3) is 1.35. The Balaban J connectivity index is 2.41. The van der Waals surface area contributed by atoms with Crippen LogP contribution in [0.1, 0.15) is 18.5 Å². The Hall–Kier alpha value is -0.900. The van der Waals surface area contributed by atoms with Gasteiger partial charge in [0.25, 0.3) is 0 Å². The molecule has 68 valence electrons. The van der Waals surface area contributed by atoms with Gasteiger partial charge in [0.15, 0.2) is 0 Å². The second-order valence-electron chi connectivity index (χ2n) is 3.34. The summed E-state index contributed by atoms with van der Waals surface area (Å²) >= 11 is 3.31. The number of aromatic nitrogens is 1. The van der Waals surface area contributed by atoms with Crippen molar-refractivity contribution in [2.45, 2.75) is 18.3 Å². The van der Waals surface area contributed by atoms with Crippen molar-refractivity contribution in [3.63, 3.8) is 0 Å². The molecular weight excluding hydrogens is 230 g/mol. The summed E-state index contributed by atoms with van der Waals surface area (Å²) in [5.41, 5.74) is 6.21. The fraction of sp³-hybridized carbons (Fsp3) is 0.333. The van der Waals surface area contributed by atoms with Crippen LogP contribution in [0, 0.1) is 5.41 Å². The molecule has 0 amide bonds. The molecule has 1 heterocycles. The third-order valence-corrected chi connectivity index (χ3v) is 2.91. The van der Waals surface area contributed by atoms with Crippen LogP contribution in [0.3, 0.4) is 0 Å². The first-order valence-corrected chi connectivity index (χ1v) is 4.92. The van der Waals surface area contributed by atoms with Crippen molar-refractivity contribution in [1.82, 2.24) is 4.98 Å². The standard InChI is InChI=1S/C9H10BrN3/c10-7-3-1-2-6(13-7)9(4-5-9)8(11)12/h1-3H,4-5H2,(H3,11,12). The fourth-order valence-corrected chi connectivity index (χ4v) is 1.81. The lowest BCUT2D eigenvalue weighted by Crippen LogP contribution is -2.28. The number of nitrogens with zero attached hydrogens (tertiary/aromatic N) is 1. The van der Waals surface area contributed by atoms with Crippen LogP contribution in [0.4, 0.5) is 0 Å². The highest BCUT2D eigenvalue weighted by atomic mass is 79.9. The topological polar surface area (TPSA) is 62.8 Å². The number of nitrogens with two attached hydrogens (primary N) is 1. The smallest absolute Gasteiger partial charge is 0.106 e. The highest BCUT2D eigenvalue weighted by Gasteiger charge is 2.48. The van der Waals surface area contributed by atoms with Gasteiger partial charge < -0.3 is 5.73 Å². The zero-order chi connectivity index (χ0) is 9.47. The summed E-state index contributed by atoms with van der Waals surface area (Å²) in [5, 5.41) is 7.49. The van der Waals surface area contributed by atoms with Crippen molar-refractivity contribution >= 4 is 21.8 Å². The lowest BCUT2D eigenvalue weighted by atomic mass is 10.0. The van der Waals surface area contributed by atoms with Crippen molar-refractivity contribution in [1.29, 1.82) is 5.41 Å². The molecule has 1 aliphatic carbocycles. The van der Waals surface area contributed by atoms with Crippen LogP contribution in [0.15, 0.2) is 22.8 Å². The normalized spacial score (nSPS) is 18.2. The molecule has 2 rings (SSSR count). The number of hydrogen-bond donors (Lipinski definition) is 2. The van der Waals surface area contributed by atoms with Crippen LogP contribution in [0.25, 0.3) is 0 Å². The van der Waals surface area contributed by atoms with E-state index in [-0.39, 0.29) is 11.3 Å². The minimum absolute atomic E-state index is 0.234. The highest BCUT2D eigenvalue weighted by molar-refractivity contribution is 9.10. The first-order chi connectivity index (χ1) is 6.15. The Labute approximate surface area is 85.0 Å². The predicted octanol–water partition coefficient (Wildman–Crippen LogP) is 1.81. The second kappa shape index (κ2) is 2.80. The van der Waals surface area contributed by atoms with Gasteiger partial charge in [-0.05, 0) is 40.9 Å². The van der Waals surface area contributed by atoms with E-state index in [0.29, 0.717) is 0 Å². The molecule has 4 heteroatoms. The van der Waals surface area contributed by atoms with Crippen LogP contribution in [-0.2, 0) is 5.41 Å². The number of nitrogens with one attached hydrogen (secondary N) is 1. The van der Waals surface area contributed by atoms with Gasteiger partial charge in [0.05, 0.1) is 11.1 Å². The maximum absolute atomic E-state index is 7.49. The average molecular weight is 240 g/mol. The minimum atomic E-state index is -0.246. The zero-order valence-electron chi connectivity index (χ0n) is 7.05. The lowest BCUT2D eigenvalue weighted by molar-refractivity contribution is 0.863. The Morgan fingerprint density at radius 2 is 2.23 bits per heavy atom. The number of halogens is 1. The molecule has 0 aliphatic heterocycles. The van der Waals surface area contributed by atoms with Crippen molar-refractivity contribution < 1.29 is 0 Å². The van der Waals surface area contributed by atoms with E-state index in [1.807, 2.05) is 18.2 Å². The molecule has 1 aromatic rings. The summed E-state index contributed by atoms with van der Waals surface area (Å²) in [6, 6.07) is 5.73. The number of hydrogen-bond acceptors (Lipinski definition) is 2. The molecule has 1 aromatic heterocycles. The monoisotopic (exact) mass is 239 g/mol. The minimum Gasteiger partial charge on any atom is -0.387 e. The lowest BCUT2D eigenvalue weighted by Gasteiger charge is -2.12. The van der Waals surface area contributed by atoms with Gasteiger partial charge in [0, 0.05) is 0 Å². The molecule has 13 heavy (non-hydrogen) atoms. The molecule has 1 saturated carbocycles. The zero-order valence-corrected chi connectivity index (χ0v) is 8.63. The van der Waals surface area contributed by atoms with Gasteiger partial charge in [-0.3, -0.25) is 5.41 Å². The summed E-state index contributed by atoms with van der Waals surface area (Å²) in [7, 11) is 0. The molecule has 3 N–H and O–H groups in total. The quantitative estimate of drug-likeness (QED) is 0.470. The van der Waals surface area contributed by atoms with Gasteiger partial charge in [0.1, 0.15) is 10.4 Å². The SMILES string of the molecule is N=C(N)C1(c2cccc(Br)n2)CC1. The van der Waals surface area contributed by atoms with E-state index in [1.165, 1.54) is 0 Å². The molecule has 3 nitrogen and oxygen atoms in total. The maximum atomic E-state index is 7.49. The predicted molar refractivity (Wildman–Crippen MR) is 54.8 cm³/mol. The first-order valence-electron chi connectivity index (χ1n) is 4.13. The van der Waals surface area contributed by atoms with Gasteiger partial charge in [-0.2, -0.15) is 0 Å². The number of amidine groups is 1. The molecular formula is C9H10BrN3. The van der Waals surface area contributed by atoms with Crippen LogP contribution in [-0.4, -0.2) is 10.8 Å². The molecule has 0 saturated heterocycles. The number of pyridine rings is 1.